The fourth-order valence-electron chi connectivity index (χ4n) is 4.07. The Hall–Kier alpha value is -4.35. The molecule has 1 saturated heterocycles. The summed E-state index contributed by atoms with van der Waals surface area (Å²) in [5.41, 5.74) is 6.24. The Kier molecular flexibility index (Phi) is 6.95. The second kappa shape index (κ2) is 10.1. The molecule has 188 valence electrons. The van der Waals surface area contributed by atoms with E-state index in [0.717, 1.165) is 6.20 Å². The third-order valence-electron chi connectivity index (χ3n) is 5.80. The number of carbonyl (C=O) groups is 2. The molecule has 12 heteroatoms. The number of ether oxygens (including phenoxy) is 1. The van der Waals surface area contributed by atoms with E-state index in [1.165, 1.54) is 35.0 Å². The van der Waals surface area contributed by atoms with E-state index in [9.17, 15) is 18.4 Å². The van der Waals surface area contributed by atoms with Gasteiger partial charge in [0.15, 0.2) is 11.6 Å². The lowest BCUT2D eigenvalue weighted by molar-refractivity contribution is -0.114. The van der Waals surface area contributed by atoms with Crippen LogP contribution in [-0.2, 0) is 4.79 Å². The number of aromatic nitrogens is 1. The predicted molar refractivity (Wildman–Crippen MR) is 129 cm³/mol. The maximum atomic E-state index is 14.3. The minimum atomic E-state index is -0.771. The number of hydrazone groups is 1. The molecule has 3 amide bonds. The number of urea groups is 1. The van der Waals surface area contributed by atoms with Crippen LogP contribution in [0.1, 0.15) is 31.9 Å². The molecule has 1 atom stereocenters. The Balaban J connectivity index is 1.38. The number of amides is 3. The number of nitrogens with zero attached hydrogens (tertiary/aromatic N) is 4. The Labute approximate surface area is 205 Å². The van der Waals surface area contributed by atoms with Crippen LogP contribution in [0.25, 0.3) is 0 Å². The number of hydrogen-bond acceptors (Lipinski definition) is 7. The minimum absolute atomic E-state index is 0.00198. The second-order valence-corrected chi connectivity index (χ2v) is 8.49. The van der Waals surface area contributed by atoms with Crippen LogP contribution in [0, 0.1) is 17.0 Å². The van der Waals surface area contributed by atoms with Crippen LogP contribution >= 0.6 is 0 Å². The summed E-state index contributed by atoms with van der Waals surface area (Å²) in [6, 6.07) is 6.63. The number of hydrogen-bond donors (Lipinski definition) is 3. The van der Waals surface area contributed by atoms with E-state index in [-0.39, 0.29) is 47.8 Å². The molecule has 0 bridgehead atoms. The molecular weight excluding hydrogens is 472 g/mol. The lowest BCUT2D eigenvalue weighted by Gasteiger charge is -2.41. The SMILES string of the molecule is CC(=N)/C(C(N)=O)=C(/C)Nc1cc(OC2CN(C(=O)N3N=CC[C@H]3c3cccc(F)c3)C2)c(F)cn1. The van der Waals surface area contributed by atoms with E-state index >= 15 is 0 Å². The van der Waals surface area contributed by atoms with Gasteiger partial charge in [-0.25, -0.2) is 23.6 Å². The van der Waals surface area contributed by atoms with Crippen molar-refractivity contribution in [3.8, 4) is 5.75 Å². The van der Waals surface area contributed by atoms with Gasteiger partial charge in [0.1, 0.15) is 17.7 Å². The van der Waals surface area contributed by atoms with Gasteiger partial charge in [-0.15, -0.1) is 0 Å². The number of allylic oxidation sites excluding steroid dienone is 1. The van der Waals surface area contributed by atoms with E-state index in [2.05, 4.69) is 15.4 Å². The highest BCUT2D eigenvalue weighted by Crippen LogP contribution is 2.31. The molecule has 0 saturated carbocycles. The first-order chi connectivity index (χ1) is 17.1. The number of anilines is 1. The Morgan fingerprint density at radius 1 is 1.22 bits per heavy atom. The van der Waals surface area contributed by atoms with Crippen molar-refractivity contribution in [2.75, 3.05) is 18.4 Å². The third-order valence-corrected chi connectivity index (χ3v) is 5.80. The van der Waals surface area contributed by atoms with Gasteiger partial charge in [0.05, 0.1) is 30.9 Å². The number of benzene rings is 1. The molecule has 2 aromatic rings. The summed E-state index contributed by atoms with van der Waals surface area (Å²) in [7, 11) is 0. The molecule has 2 aliphatic heterocycles. The zero-order valence-corrected chi connectivity index (χ0v) is 19.7. The highest BCUT2D eigenvalue weighted by atomic mass is 19.1. The van der Waals surface area contributed by atoms with Gasteiger partial charge in [0.2, 0.25) is 0 Å². The summed E-state index contributed by atoms with van der Waals surface area (Å²) in [6.45, 7) is 3.40. The number of halogens is 2. The molecule has 0 unspecified atom stereocenters. The molecule has 0 aliphatic carbocycles. The van der Waals surface area contributed by atoms with Gasteiger partial charge in [0, 0.05) is 30.1 Å². The van der Waals surface area contributed by atoms with Crippen molar-refractivity contribution in [1.29, 1.82) is 5.41 Å². The van der Waals surface area contributed by atoms with Crippen molar-refractivity contribution >= 4 is 29.7 Å². The number of primary amides is 1. The normalized spacial score (nSPS) is 17.9. The van der Waals surface area contributed by atoms with Gasteiger partial charge in [-0.2, -0.15) is 5.10 Å². The Morgan fingerprint density at radius 2 is 1.97 bits per heavy atom. The maximum Gasteiger partial charge on any atom is 0.341 e. The molecule has 3 heterocycles. The topological polar surface area (TPSA) is 137 Å². The first kappa shape index (κ1) is 24.8. The van der Waals surface area contributed by atoms with Gasteiger partial charge >= 0.3 is 6.03 Å². The number of nitrogens with two attached hydrogens (primary N) is 1. The zero-order chi connectivity index (χ0) is 26.0. The minimum Gasteiger partial charge on any atom is -0.483 e. The van der Waals surface area contributed by atoms with Crippen LogP contribution < -0.4 is 15.8 Å². The first-order valence-corrected chi connectivity index (χ1v) is 11.2. The molecular formula is C24H25F2N7O3. The van der Waals surface area contributed by atoms with Crippen LogP contribution in [0.4, 0.5) is 19.4 Å². The van der Waals surface area contributed by atoms with Crippen molar-refractivity contribution in [2.45, 2.75) is 32.4 Å². The van der Waals surface area contributed by atoms with Crippen LogP contribution in [0.3, 0.4) is 0 Å². The zero-order valence-electron chi connectivity index (χ0n) is 19.7. The monoisotopic (exact) mass is 497 g/mol. The average molecular weight is 498 g/mol. The van der Waals surface area contributed by atoms with Crippen LogP contribution in [0.5, 0.6) is 5.75 Å². The van der Waals surface area contributed by atoms with Gasteiger partial charge in [-0.3, -0.25) is 4.79 Å². The lowest BCUT2D eigenvalue weighted by atomic mass is 10.0. The molecule has 0 radical (unpaired) electrons. The molecule has 4 rings (SSSR count). The van der Waals surface area contributed by atoms with Gasteiger partial charge < -0.3 is 26.1 Å². The Bertz CT molecular complexity index is 1260. The van der Waals surface area contributed by atoms with Crippen LogP contribution in [0.15, 0.2) is 52.9 Å². The lowest BCUT2D eigenvalue weighted by Crippen LogP contribution is -2.58. The van der Waals surface area contributed by atoms with Crippen molar-refractivity contribution in [3.63, 3.8) is 0 Å². The average Bonchev–Trinajstić information content (AvgIpc) is 3.27. The first-order valence-electron chi connectivity index (χ1n) is 11.2. The second-order valence-electron chi connectivity index (χ2n) is 8.49. The predicted octanol–water partition coefficient (Wildman–Crippen LogP) is 3.19. The van der Waals surface area contributed by atoms with E-state index in [0.29, 0.717) is 17.7 Å². The summed E-state index contributed by atoms with van der Waals surface area (Å²) in [6.07, 6.45) is 2.60. The maximum absolute atomic E-state index is 14.3. The fraction of sp³-hybridized carbons (Fsp3) is 0.292. The highest BCUT2D eigenvalue weighted by Gasteiger charge is 2.39. The van der Waals surface area contributed by atoms with E-state index < -0.39 is 23.9 Å². The van der Waals surface area contributed by atoms with Crippen molar-refractivity contribution < 1.29 is 23.1 Å². The quantitative estimate of drug-likeness (QED) is 0.399. The molecule has 1 aromatic heterocycles. The summed E-state index contributed by atoms with van der Waals surface area (Å²) in [5.74, 6) is -1.74. The summed E-state index contributed by atoms with van der Waals surface area (Å²) < 4.78 is 33.7. The van der Waals surface area contributed by atoms with Crippen molar-refractivity contribution in [3.05, 3.63) is 65.0 Å². The molecule has 0 spiro atoms. The molecule has 10 nitrogen and oxygen atoms in total. The molecule has 1 fully saturated rings. The highest BCUT2D eigenvalue weighted by molar-refractivity contribution is 6.19. The number of nitrogens with one attached hydrogen (secondary N) is 2. The van der Waals surface area contributed by atoms with Gasteiger partial charge in [-0.1, -0.05) is 12.1 Å². The van der Waals surface area contributed by atoms with Crippen molar-refractivity contribution in [2.24, 2.45) is 10.8 Å². The number of pyridine rings is 1. The third kappa shape index (κ3) is 5.16. The summed E-state index contributed by atoms with van der Waals surface area (Å²) in [5, 5.41) is 16.0. The van der Waals surface area contributed by atoms with Crippen LogP contribution in [-0.4, -0.2) is 58.0 Å². The largest absolute Gasteiger partial charge is 0.483 e. The number of likely N-dealkylation sites (tertiary alicyclic amines) is 1. The van der Waals surface area contributed by atoms with E-state index in [1.54, 1.807) is 25.3 Å². The van der Waals surface area contributed by atoms with E-state index in [1.807, 2.05) is 0 Å². The number of carbonyl (C=O) groups excluding carboxylic acids is 2. The van der Waals surface area contributed by atoms with E-state index in [4.69, 9.17) is 15.9 Å². The molecule has 4 N–H and O–H groups in total. The van der Waals surface area contributed by atoms with Crippen molar-refractivity contribution in [1.82, 2.24) is 14.9 Å². The molecule has 36 heavy (non-hydrogen) atoms. The smallest absolute Gasteiger partial charge is 0.341 e. The fourth-order valence-corrected chi connectivity index (χ4v) is 4.07. The van der Waals surface area contributed by atoms with Gasteiger partial charge in [0.25, 0.3) is 5.91 Å². The summed E-state index contributed by atoms with van der Waals surface area (Å²) in [4.78, 5) is 30.0. The number of rotatable bonds is 7. The standard InChI is InChI=1S/C24H25F2N7O3/c1-13(27)22(23(28)34)14(2)31-21-9-20(18(26)10-29-21)36-17-11-32(12-17)24(35)33-19(6-7-30-33)15-4-3-5-16(25)8-15/h3-5,7-10,17,19,27H,6,11-12H2,1-2H3,(H2,28,34)(H,29,31)/b22-14+,27-13?/t19-/m0/s1. The Morgan fingerprint density at radius 3 is 2.64 bits per heavy atom. The summed E-state index contributed by atoms with van der Waals surface area (Å²) >= 11 is 0. The van der Waals surface area contributed by atoms with Gasteiger partial charge in [-0.05, 0) is 31.5 Å². The molecule has 1 aromatic carbocycles. The molecule has 2 aliphatic rings. The van der Waals surface area contributed by atoms with Crippen LogP contribution in [0.2, 0.25) is 0 Å².